The number of nitrogens with zero attached hydrogens (tertiary/aromatic N) is 2. The van der Waals surface area contributed by atoms with Crippen LogP contribution in [0.25, 0.3) is 0 Å². The van der Waals surface area contributed by atoms with E-state index in [1.54, 1.807) is 0 Å². The maximum atomic E-state index is 13.3. The van der Waals surface area contributed by atoms with Crippen molar-refractivity contribution in [3.8, 4) is 0 Å². The van der Waals surface area contributed by atoms with Crippen molar-refractivity contribution in [1.29, 1.82) is 0 Å². The molecule has 0 unspecified atom stereocenters. The van der Waals surface area contributed by atoms with Crippen molar-refractivity contribution in [1.82, 2.24) is 9.97 Å². The van der Waals surface area contributed by atoms with Crippen LogP contribution in [0.1, 0.15) is 37.8 Å². The summed E-state index contributed by atoms with van der Waals surface area (Å²) < 4.78 is 39.8. The predicted molar refractivity (Wildman–Crippen MR) is 99.0 cm³/mol. The SMILES string of the molecule is CSc1ccccc1Nc1cc(C(F)(F)F)nc(NC2CCCCC2)n1. The van der Waals surface area contributed by atoms with Gasteiger partial charge in [0, 0.05) is 17.0 Å². The first-order chi connectivity index (χ1) is 12.5. The van der Waals surface area contributed by atoms with Crippen LogP contribution < -0.4 is 10.6 Å². The molecular formula is C18H21F3N4S. The third-order valence-electron chi connectivity index (χ3n) is 4.32. The fourth-order valence-corrected chi connectivity index (χ4v) is 3.59. The van der Waals surface area contributed by atoms with Crippen molar-refractivity contribution in [2.45, 2.75) is 49.2 Å². The van der Waals surface area contributed by atoms with Crippen molar-refractivity contribution in [3.63, 3.8) is 0 Å². The molecule has 0 aliphatic heterocycles. The fourth-order valence-electron chi connectivity index (χ4n) is 3.04. The average molecular weight is 382 g/mol. The van der Waals surface area contributed by atoms with Gasteiger partial charge in [-0.1, -0.05) is 31.4 Å². The molecule has 1 aliphatic rings. The molecule has 0 spiro atoms. The van der Waals surface area contributed by atoms with Gasteiger partial charge in [0.15, 0.2) is 5.69 Å². The second-order valence-corrected chi connectivity index (χ2v) is 7.11. The number of aromatic nitrogens is 2. The Balaban J connectivity index is 1.89. The summed E-state index contributed by atoms with van der Waals surface area (Å²) in [6, 6.07) is 8.50. The van der Waals surface area contributed by atoms with Crippen molar-refractivity contribution in [3.05, 3.63) is 36.0 Å². The first kappa shape index (κ1) is 18.8. The molecule has 8 heteroatoms. The Kier molecular flexibility index (Phi) is 5.90. The molecule has 140 valence electrons. The lowest BCUT2D eigenvalue weighted by atomic mass is 9.96. The molecule has 1 aromatic carbocycles. The van der Waals surface area contributed by atoms with Crippen LogP contribution >= 0.6 is 11.8 Å². The Labute approximate surface area is 155 Å². The Morgan fingerprint density at radius 2 is 1.81 bits per heavy atom. The van der Waals surface area contributed by atoms with Crippen LogP contribution in [0, 0.1) is 0 Å². The molecular weight excluding hydrogens is 361 g/mol. The van der Waals surface area contributed by atoms with Gasteiger partial charge < -0.3 is 10.6 Å². The third kappa shape index (κ3) is 4.81. The summed E-state index contributed by atoms with van der Waals surface area (Å²) in [4.78, 5) is 8.89. The average Bonchev–Trinajstić information content (AvgIpc) is 2.62. The predicted octanol–water partition coefficient (Wildman–Crippen LogP) is 5.71. The van der Waals surface area contributed by atoms with Gasteiger partial charge >= 0.3 is 6.18 Å². The van der Waals surface area contributed by atoms with E-state index in [1.807, 2.05) is 30.5 Å². The van der Waals surface area contributed by atoms with E-state index in [9.17, 15) is 13.2 Å². The molecule has 0 bridgehead atoms. The highest BCUT2D eigenvalue weighted by molar-refractivity contribution is 7.98. The van der Waals surface area contributed by atoms with Gasteiger partial charge in [0.2, 0.25) is 5.95 Å². The van der Waals surface area contributed by atoms with Gasteiger partial charge in [-0.05, 0) is 31.2 Å². The van der Waals surface area contributed by atoms with E-state index in [1.165, 1.54) is 18.2 Å². The number of benzene rings is 1. The highest BCUT2D eigenvalue weighted by Crippen LogP contribution is 2.32. The molecule has 2 aromatic rings. The van der Waals surface area contributed by atoms with Crippen molar-refractivity contribution in [2.24, 2.45) is 0 Å². The van der Waals surface area contributed by atoms with Gasteiger partial charge in [-0.3, -0.25) is 0 Å². The standard InChI is InChI=1S/C18H21F3N4S/c1-26-14-10-6-5-9-13(14)23-16-11-15(18(19,20)21)24-17(25-16)22-12-7-3-2-4-8-12/h5-6,9-12H,2-4,7-8H2,1H3,(H2,22,23,24,25). The van der Waals surface area contributed by atoms with Crippen LogP contribution in [0.5, 0.6) is 0 Å². The lowest BCUT2D eigenvalue weighted by Gasteiger charge is -2.23. The third-order valence-corrected chi connectivity index (χ3v) is 5.12. The van der Waals surface area contributed by atoms with Crippen LogP contribution in [-0.4, -0.2) is 22.3 Å². The molecule has 2 N–H and O–H groups in total. The monoisotopic (exact) mass is 382 g/mol. The molecule has 26 heavy (non-hydrogen) atoms. The highest BCUT2D eigenvalue weighted by atomic mass is 32.2. The van der Waals surface area contributed by atoms with Crippen molar-refractivity contribution in [2.75, 3.05) is 16.9 Å². The summed E-state index contributed by atoms with van der Waals surface area (Å²) in [6.07, 6.45) is 2.56. The number of hydrogen-bond acceptors (Lipinski definition) is 5. The van der Waals surface area contributed by atoms with E-state index in [4.69, 9.17) is 0 Å². The fraction of sp³-hybridized carbons (Fsp3) is 0.444. The van der Waals surface area contributed by atoms with Gasteiger partial charge in [0.25, 0.3) is 0 Å². The molecule has 1 aromatic heterocycles. The number of para-hydroxylation sites is 1. The minimum absolute atomic E-state index is 0.0239. The van der Waals surface area contributed by atoms with Crippen LogP contribution in [-0.2, 0) is 6.18 Å². The van der Waals surface area contributed by atoms with Crippen LogP contribution in [0.15, 0.2) is 35.2 Å². The molecule has 1 aliphatic carbocycles. The smallest absolute Gasteiger partial charge is 0.351 e. The Morgan fingerprint density at radius 3 is 2.50 bits per heavy atom. The van der Waals surface area contributed by atoms with Gasteiger partial charge in [-0.25, -0.2) is 4.98 Å². The Bertz CT molecular complexity index is 745. The zero-order valence-corrected chi connectivity index (χ0v) is 15.3. The second-order valence-electron chi connectivity index (χ2n) is 6.26. The molecule has 4 nitrogen and oxygen atoms in total. The first-order valence-corrected chi connectivity index (χ1v) is 9.81. The maximum absolute atomic E-state index is 13.3. The van der Waals surface area contributed by atoms with E-state index in [0.717, 1.165) is 42.3 Å². The Morgan fingerprint density at radius 1 is 1.08 bits per heavy atom. The molecule has 0 atom stereocenters. The summed E-state index contributed by atoms with van der Waals surface area (Å²) in [5, 5.41) is 6.08. The number of rotatable bonds is 5. The van der Waals surface area contributed by atoms with Gasteiger partial charge in [0.1, 0.15) is 5.82 Å². The highest BCUT2D eigenvalue weighted by Gasteiger charge is 2.34. The van der Waals surface area contributed by atoms with Gasteiger partial charge in [-0.2, -0.15) is 18.2 Å². The zero-order chi connectivity index (χ0) is 18.6. The van der Waals surface area contributed by atoms with E-state index >= 15 is 0 Å². The number of halogens is 3. The summed E-state index contributed by atoms with van der Waals surface area (Å²) in [6.45, 7) is 0. The van der Waals surface area contributed by atoms with Gasteiger partial charge in [-0.15, -0.1) is 11.8 Å². The van der Waals surface area contributed by atoms with E-state index < -0.39 is 11.9 Å². The lowest BCUT2D eigenvalue weighted by molar-refractivity contribution is -0.141. The Hall–Kier alpha value is -1.96. The van der Waals surface area contributed by atoms with E-state index in [2.05, 4.69) is 20.6 Å². The van der Waals surface area contributed by atoms with E-state index in [-0.39, 0.29) is 17.8 Å². The van der Waals surface area contributed by atoms with Crippen molar-refractivity contribution >= 4 is 29.2 Å². The number of hydrogen-bond donors (Lipinski definition) is 2. The number of alkyl halides is 3. The molecule has 0 radical (unpaired) electrons. The quantitative estimate of drug-likeness (QED) is 0.649. The molecule has 1 fully saturated rings. The van der Waals surface area contributed by atoms with Crippen LogP contribution in [0.4, 0.5) is 30.6 Å². The normalized spacial score (nSPS) is 15.7. The first-order valence-electron chi connectivity index (χ1n) is 8.58. The molecule has 1 heterocycles. The minimum Gasteiger partial charge on any atom is -0.351 e. The topological polar surface area (TPSA) is 49.8 Å². The van der Waals surface area contributed by atoms with Crippen molar-refractivity contribution < 1.29 is 13.2 Å². The molecule has 1 saturated carbocycles. The second kappa shape index (κ2) is 8.16. The largest absolute Gasteiger partial charge is 0.433 e. The molecule has 3 rings (SSSR count). The summed E-state index contributed by atoms with van der Waals surface area (Å²) in [7, 11) is 0. The molecule has 0 saturated heterocycles. The number of anilines is 3. The van der Waals surface area contributed by atoms with E-state index in [0.29, 0.717) is 0 Å². The molecule has 0 amide bonds. The lowest BCUT2D eigenvalue weighted by Crippen LogP contribution is -2.24. The summed E-state index contributed by atoms with van der Waals surface area (Å²) in [5.41, 5.74) is -0.231. The van der Waals surface area contributed by atoms with Gasteiger partial charge in [0.05, 0.1) is 5.69 Å². The zero-order valence-electron chi connectivity index (χ0n) is 14.4. The number of thioether (sulfide) groups is 1. The van der Waals surface area contributed by atoms with Crippen LogP contribution in [0.3, 0.4) is 0 Å². The summed E-state index contributed by atoms with van der Waals surface area (Å²) >= 11 is 1.51. The number of nitrogens with one attached hydrogen (secondary N) is 2. The van der Waals surface area contributed by atoms with Crippen LogP contribution in [0.2, 0.25) is 0 Å². The maximum Gasteiger partial charge on any atom is 0.433 e. The summed E-state index contributed by atoms with van der Waals surface area (Å²) in [5.74, 6) is 0.156. The minimum atomic E-state index is -4.53.